The highest BCUT2D eigenvalue weighted by molar-refractivity contribution is 5.69. The van der Waals surface area contributed by atoms with Crippen molar-refractivity contribution in [2.24, 2.45) is 17.8 Å². The molecule has 0 aliphatic heterocycles. The molecule has 0 spiro atoms. The number of hydrogen-bond acceptors (Lipinski definition) is 4. The molecule has 0 saturated heterocycles. The zero-order valence-electron chi connectivity index (χ0n) is 16.1. The molecule has 1 rings (SSSR count). The highest BCUT2D eigenvalue weighted by atomic mass is 16.4. The van der Waals surface area contributed by atoms with Gasteiger partial charge in [0.05, 0.1) is 24.2 Å². The number of carbonyl (C=O) groups is 1. The molecule has 5 heteroatoms. The fourth-order valence-corrected chi connectivity index (χ4v) is 3.50. The Hall–Kier alpha value is -1.17. The maximum absolute atomic E-state index is 10.8. The minimum atomic E-state index is -0.782. The quantitative estimate of drug-likeness (QED) is 0.313. The molecule has 0 aromatic rings. The number of allylic oxidation sites excluding steroid dienone is 2. The number of aliphatic carboxylic acids is 1. The predicted molar refractivity (Wildman–Crippen MR) is 103 cm³/mol. The minimum Gasteiger partial charge on any atom is -0.481 e. The largest absolute Gasteiger partial charge is 0.481 e. The lowest BCUT2D eigenvalue weighted by atomic mass is 9.89. The number of hydrogen-bond donors (Lipinski definition) is 4. The molecular formula is C21H36O5. The third-order valence-electron chi connectivity index (χ3n) is 5.34. The third-order valence-corrected chi connectivity index (χ3v) is 5.34. The van der Waals surface area contributed by atoms with Gasteiger partial charge in [-0.3, -0.25) is 4.79 Å². The first-order valence-electron chi connectivity index (χ1n) is 9.97. The van der Waals surface area contributed by atoms with E-state index in [0.717, 1.165) is 25.7 Å². The Kier molecular flexibility index (Phi) is 10.8. The lowest BCUT2D eigenvalue weighted by Crippen LogP contribution is -2.20. The highest BCUT2D eigenvalue weighted by Crippen LogP contribution is 2.36. The van der Waals surface area contributed by atoms with Crippen molar-refractivity contribution in [1.29, 1.82) is 0 Å². The van der Waals surface area contributed by atoms with Gasteiger partial charge in [0.2, 0.25) is 0 Å². The summed E-state index contributed by atoms with van der Waals surface area (Å²) in [5.41, 5.74) is 0. The first-order valence-corrected chi connectivity index (χ1v) is 9.97. The topological polar surface area (TPSA) is 98.0 Å². The fourth-order valence-electron chi connectivity index (χ4n) is 3.50. The van der Waals surface area contributed by atoms with Crippen molar-refractivity contribution in [2.45, 2.75) is 83.5 Å². The van der Waals surface area contributed by atoms with E-state index in [-0.39, 0.29) is 17.8 Å². The standard InChI is InChI=1S/C21H36O5/c1-3-4-6-10-16(22)12-13-18-17(19(23)14-20(18)24)11-8-5-7-9-15(2)21(25)26/h5,8,12-13,15-20,22-24H,3-4,6-7,9-11,14H2,1-2H3,(H,25,26)/t15?,16?,17-,18-,19+,20-/m1/s1. The number of rotatable bonds is 12. The van der Waals surface area contributed by atoms with Crippen LogP contribution in [0.2, 0.25) is 0 Å². The normalized spacial score (nSPS) is 28.8. The molecule has 0 bridgehead atoms. The first kappa shape index (κ1) is 22.9. The minimum absolute atomic E-state index is 0.0720. The van der Waals surface area contributed by atoms with E-state index >= 15 is 0 Å². The van der Waals surface area contributed by atoms with Gasteiger partial charge in [-0.1, -0.05) is 57.4 Å². The molecule has 150 valence electrons. The van der Waals surface area contributed by atoms with Gasteiger partial charge >= 0.3 is 5.97 Å². The molecule has 0 heterocycles. The molecule has 2 unspecified atom stereocenters. The Morgan fingerprint density at radius 1 is 1.15 bits per heavy atom. The van der Waals surface area contributed by atoms with Gasteiger partial charge in [0.15, 0.2) is 0 Å². The van der Waals surface area contributed by atoms with E-state index in [9.17, 15) is 20.1 Å². The molecule has 1 aliphatic rings. The number of carboxylic acids is 1. The fraction of sp³-hybridized carbons (Fsp3) is 0.762. The zero-order chi connectivity index (χ0) is 19.5. The SMILES string of the molecule is CCCCCC(O)C=C[C@@H]1[C@@H](CC=CCCC(C)C(=O)O)[C@@H](O)C[C@H]1O. The summed E-state index contributed by atoms with van der Waals surface area (Å²) in [6.45, 7) is 3.82. The van der Waals surface area contributed by atoms with E-state index < -0.39 is 24.3 Å². The van der Waals surface area contributed by atoms with Crippen LogP contribution in [0.3, 0.4) is 0 Å². The van der Waals surface area contributed by atoms with E-state index in [2.05, 4.69) is 6.92 Å². The van der Waals surface area contributed by atoms with Crippen LogP contribution in [0.4, 0.5) is 0 Å². The van der Waals surface area contributed by atoms with Crippen LogP contribution in [0, 0.1) is 17.8 Å². The van der Waals surface area contributed by atoms with Gasteiger partial charge in [-0.2, -0.15) is 0 Å². The second-order valence-corrected chi connectivity index (χ2v) is 7.58. The molecular weight excluding hydrogens is 332 g/mol. The van der Waals surface area contributed by atoms with Gasteiger partial charge in [0.25, 0.3) is 0 Å². The van der Waals surface area contributed by atoms with E-state index in [1.54, 1.807) is 13.0 Å². The van der Waals surface area contributed by atoms with Crippen LogP contribution in [-0.4, -0.2) is 44.7 Å². The lowest BCUT2D eigenvalue weighted by Gasteiger charge is -2.19. The van der Waals surface area contributed by atoms with Crippen molar-refractivity contribution in [3.05, 3.63) is 24.3 Å². The molecule has 0 radical (unpaired) electrons. The van der Waals surface area contributed by atoms with Gasteiger partial charge in [0, 0.05) is 12.3 Å². The van der Waals surface area contributed by atoms with Crippen LogP contribution < -0.4 is 0 Å². The molecule has 4 N–H and O–H groups in total. The van der Waals surface area contributed by atoms with Crippen molar-refractivity contribution >= 4 is 5.97 Å². The molecule has 5 nitrogen and oxygen atoms in total. The van der Waals surface area contributed by atoms with Crippen LogP contribution in [0.5, 0.6) is 0 Å². The van der Waals surface area contributed by atoms with Gasteiger partial charge < -0.3 is 20.4 Å². The highest BCUT2D eigenvalue weighted by Gasteiger charge is 2.39. The second kappa shape index (κ2) is 12.3. The number of aliphatic hydroxyl groups is 3. The Morgan fingerprint density at radius 3 is 2.54 bits per heavy atom. The molecule has 6 atom stereocenters. The van der Waals surface area contributed by atoms with Gasteiger partial charge in [-0.05, 0) is 31.6 Å². The summed E-state index contributed by atoms with van der Waals surface area (Å²) in [6.07, 6.45) is 12.1. The third kappa shape index (κ3) is 8.02. The summed E-state index contributed by atoms with van der Waals surface area (Å²) >= 11 is 0. The smallest absolute Gasteiger partial charge is 0.306 e. The first-order chi connectivity index (χ1) is 12.4. The molecule has 1 aliphatic carbocycles. The van der Waals surface area contributed by atoms with E-state index in [4.69, 9.17) is 5.11 Å². The molecule has 26 heavy (non-hydrogen) atoms. The molecule has 1 saturated carbocycles. The van der Waals surface area contributed by atoms with Crippen LogP contribution in [0.25, 0.3) is 0 Å². The summed E-state index contributed by atoms with van der Waals surface area (Å²) in [4.78, 5) is 10.8. The van der Waals surface area contributed by atoms with Crippen LogP contribution in [0.15, 0.2) is 24.3 Å². The van der Waals surface area contributed by atoms with Crippen molar-refractivity contribution in [3.63, 3.8) is 0 Å². The van der Waals surface area contributed by atoms with Crippen LogP contribution in [-0.2, 0) is 4.79 Å². The van der Waals surface area contributed by atoms with Crippen LogP contribution >= 0.6 is 0 Å². The Morgan fingerprint density at radius 2 is 1.88 bits per heavy atom. The number of aliphatic hydroxyl groups excluding tert-OH is 3. The van der Waals surface area contributed by atoms with Crippen molar-refractivity contribution in [1.82, 2.24) is 0 Å². The zero-order valence-corrected chi connectivity index (χ0v) is 16.1. The van der Waals surface area contributed by atoms with Gasteiger partial charge in [-0.25, -0.2) is 0 Å². The summed E-state index contributed by atoms with van der Waals surface area (Å²) in [6, 6.07) is 0. The summed E-state index contributed by atoms with van der Waals surface area (Å²) in [7, 11) is 0. The van der Waals surface area contributed by atoms with E-state index in [1.807, 2.05) is 18.2 Å². The Labute approximate surface area is 157 Å². The molecule has 0 amide bonds. The molecule has 0 aromatic carbocycles. The predicted octanol–water partition coefficient (Wildman–Crippen LogP) is 3.29. The van der Waals surface area contributed by atoms with E-state index in [0.29, 0.717) is 25.7 Å². The van der Waals surface area contributed by atoms with Crippen molar-refractivity contribution in [2.75, 3.05) is 0 Å². The Balaban J connectivity index is 2.49. The van der Waals surface area contributed by atoms with Gasteiger partial charge in [0.1, 0.15) is 0 Å². The monoisotopic (exact) mass is 368 g/mol. The number of carboxylic acid groups (broad SMARTS) is 1. The summed E-state index contributed by atoms with van der Waals surface area (Å²) in [5.74, 6) is -1.37. The van der Waals surface area contributed by atoms with Crippen molar-refractivity contribution in [3.8, 4) is 0 Å². The maximum atomic E-state index is 10.8. The summed E-state index contributed by atoms with van der Waals surface area (Å²) in [5, 5.41) is 39.3. The average Bonchev–Trinajstić information content (AvgIpc) is 2.85. The maximum Gasteiger partial charge on any atom is 0.306 e. The van der Waals surface area contributed by atoms with E-state index in [1.165, 1.54) is 0 Å². The van der Waals surface area contributed by atoms with Gasteiger partial charge in [-0.15, -0.1) is 0 Å². The molecule has 1 fully saturated rings. The second-order valence-electron chi connectivity index (χ2n) is 7.58. The summed E-state index contributed by atoms with van der Waals surface area (Å²) < 4.78 is 0. The number of unbranched alkanes of at least 4 members (excludes halogenated alkanes) is 2. The lowest BCUT2D eigenvalue weighted by molar-refractivity contribution is -0.141. The Bertz CT molecular complexity index is 459. The van der Waals surface area contributed by atoms with Crippen LogP contribution in [0.1, 0.15) is 65.2 Å². The van der Waals surface area contributed by atoms with Crippen molar-refractivity contribution < 1.29 is 25.2 Å². The molecule has 0 aromatic heterocycles. The average molecular weight is 369 g/mol.